The van der Waals surface area contributed by atoms with E-state index in [0.29, 0.717) is 28.0 Å². The molecule has 1 amide bonds. The number of halogens is 1. The Balaban J connectivity index is 2.19. The van der Waals surface area contributed by atoms with Crippen LogP contribution in [0.5, 0.6) is 17.2 Å². The molecule has 126 valence electrons. The lowest BCUT2D eigenvalue weighted by molar-refractivity contribution is -0.111. The number of ether oxygens (including phenoxy) is 3. The molecule has 0 aliphatic carbocycles. The second-order valence-corrected chi connectivity index (χ2v) is 5.19. The van der Waals surface area contributed by atoms with Gasteiger partial charge in [0.2, 0.25) is 5.91 Å². The van der Waals surface area contributed by atoms with Crippen molar-refractivity contribution in [3.05, 3.63) is 53.1 Å². The molecule has 24 heavy (non-hydrogen) atoms. The minimum absolute atomic E-state index is 0.319. The summed E-state index contributed by atoms with van der Waals surface area (Å²) in [6.07, 6.45) is 3.05. The van der Waals surface area contributed by atoms with E-state index in [-0.39, 0.29) is 5.91 Å². The maximum Gasteiger partial charge on any atom is 0.248 e. The van der Waals surface area contributed by atoms with Crippen LogP contribution >= 0.6 is 11.6 Å². The Morgan fingerprint density at radius 2 is 1.79 bits per heavy atom. The number of rotatable bonds is 6. The van der Waals surface area contributed by atoms with Crippen LogP contribution in [0.25, 0.3) is 6.08 Å². The van der Waals surface area contributed by atoms with Crippen LogP contribution in [-0.2, 0) is 4.79 Å². The number of carbonyl (C=O) groups excluding carboxylic acids is 1. The van der Waals surface area contributed by atoms with Gasteiger partial charge in [0, 0.05) is 16.7 Å². The second-order valence-electron chi connectivity index (χ2n) is 4.75. The summed E-state index contributed by atoms with van der Waals surface area (Å²) >= 11 is 5.95. The Morgan fingerprint density at radius 1 is 1.04 bits per heavy atom. The zero-order chi connectivity index (χ0) is 17.5. The summed E-state index contributed by atoms with van der Waals surface area (Å²) in [5, 5.41) is 3.24. The molecule has 0 bridgehead atoms. The molecule has 0 aromatic heterocycles. The number of para-hydroxylation sites is 1. The lowest BCUT2D eigenvalue weighted by Gasteiger charge is -2.10. The summed E-state index contributed by atoms with van der Waals surface area (Å²) in [4.78, 5) is 12.2. The maximum atomic E-state index is 12.2. The zero-order valence-corrected chi connectivity index (χ0v) is 14.4. The second kappa shape index (κ2) is 8.26. The van der Waals surface area contributed by atoms with Crippen molar-refractivity contribution in [2.75, 3.05) is 26.6 Å². The van der Waals surface area contributed by atoms with Gasteiger partial charge in [-0.1, -0.05) is 23.7 Å². The molecule has 0 fully saturated rings. The predicted molar refractivity (Wildman–Crippen MR) is 95.2 cm³/mol. The highest BCUT2D eigenvalue weighted by atomic mass is 35.5. The van der Waals surface area contributed by atoms with E-state index in [4.69, 9.17) is 25.8 Å². The molecule has 0 saturated heterocycles. The number of methoxy groups -OCH3 is 3. The maximum absolute atomic E-state index is 12.2. The summed E-state index contributed by atoms with van der Waals surface area (Å²) < 4.78 is 15.8. The molecule has 1 N–H and O–H groups in total. The van der Waals surface area contributed by atoms with Crippen molar-refractivity contribution in [3.8, 4) is 17.2 Å². The summed E-state index contributed by atoms with van der Waals surface area (Å²) in [7, 11) is 4.63. The summed E-state index contributed by atoms with van der Waals surface area (Å²) in [6, 6.07) is 10.4. The molecule has 5 nitrogen and oxygen atoms in total. The van der Waals surface area contributed by atoms with E-state index in [1.807, 2.05) is 12.1 Å². The van der Waals surface area contributed by atoms with Gasteiger partial charge in [-0.05, 0) is 30.3 Å². The summed E-state index contributed by atoms with van der Waals surface area (Å²) in [5.74, 6) is 1.36. The SMILES string of the molecule is COc1ccc(Cl)cc1NC(=O)/C=C/c1cccc(OC)c1OC. The normalized spacial score (nSPS) is 10.5. The van der Waals surface area contributed by atoms with Gasteiger partial charge in [-0.15, -0.1) is 0 Å². The van der Waals surface area contributed by atoms with E-state index in [1.165, 1.54) is 13.2 Å². The summed E-state index contributed by atoms with van der Waals surface area (Å²) in [6.45, 7) is 0. The first-order valence-corrected chi connectivity index (χ1v) is 7.50. The fourth-order valence-electron chi connectivity index (χ4n) is 2.16. The average molecular weight is 348 g/mol. The monoisotopic (exact) mass is 347 g/mol. The number of carbonyl (C=O) groups is 1. The van der Waals surface area contributed by atoms with Crippen LogP contribution in [0.2, 0.25) is 5.02 Å². The Bertz CT molecular complexity index is 759. The van der Waals surface area contributed by atoms with Crippen molar-refractivity contribution in [1.82, 2.24) is 0 Å². The van der Waals surface area contributed by atoms with Crippen LogP contribution in [0.15, 0.2) is 42.5 Å². The van der Waals surface area contributed by atoms with Crippen molar-refractivity contribution in [1.29, 1.82) is 0 Å². The Morgan fingerprint density at radius 3 is 2.46 bits per heavy atom. The van der Waals surface area contributed by atoms with Crippen LogP contribution < -0.4 is 19.5 Å². The lowest BCUT2D eigenvalue weighted by atomic mass is 10.1. The van der Waals surface area contributed by atoms with Crippen molar-refractivity contribution in [2.24, 2.45) is 0 Å². The molecule has 0 aliphatic heterocycles. The third-order valence-corrected chi connectivity index (χ3v) is 3.50. The Kier molecular flexibility index (Phi) is 6.09. The van der Waals surface area contributed by atoms with Crippen molar-refractivity contribution in [2.45, 2.75) is 0 Å². The fraction of sp³-hybridized carbons (Fsp3) is 0.167. The molecule has 6 heteroatoms. The Labute approximate surface area is 145 Å². The molecule has 2 aromatic rings. The van der Waals surface area contributed by atoms with E-state index in [0.717, 1.165) is 5.56 Å². The van der Waals surface area contributed by atoms with Gasteiger partial charge in [0.25, 0.3) is 0 Å². The molecule has 0 atom stereocenters. The van der Waals surface area contributed by atoms with Crippen molar-refractivity contribution >= 4 is 29.3 Å². The first-order valence-electron chi connectivity index (χ1n) is 7.12. The largest absolute Gasteiger partial charge is 0.495 e. The van der Waals surface area contributed by atoms with Crippen LogP contribution in [0.1, 0.15) is 5.56 Å². The molecule has 0 spiro atoms. The zero-order valence-electron chi connectivity index (χ0n) is 13.6. The van der Waals surface area contributed by atoms with Gasteiger partial charge < -0.3 is 19.5 Å². The van der Waals surface area contributed by atoms with Gasteiger partial charge in [-0.25, -0.2) is 0 Å². The van der Waals surface area contributed by atoms with E-state index in [9.17, 15) is 4.79 Å². The van der Waals surface area contributed by atoms with Gasteiger partial charge in [-0.3, -0.25) is 4.79 Å². The minimum atomic E-state index is -0.319. The molecule has 2 rings (SSSR count). The average Bonchev–Trinajstić information content (AvgIpc) is 2.59. The van der Waals surface area contributed by atoms with Crippen LogP contribution in [0.3, 0.4) is 0 Å². The number of hydrogen-bond acceptors (Lipinski definition) is 4. The van der Waals surface area contributed by atoms with Gasteiger partial charge in [0.1, 0.15) is 5.75 Å². The van der Waals surface area contributed by atoms with E-state index >= 15 is 0 Å². The predicted octanol–water partition coefficient (Wildman–Crippen LogP) is 4.02. The highest BCUT2D eigenvalue weighted by molar-refractivity contribution is 6.31. The number of hydrogen-bond donors (Lipinski definition) is 1. The van der Waals surface area contributed by atoms with Gasteiger partial charge in [0.15, 0.2) is 11.5 Å². The summed E-state index contributed by atoms with van der Waals surface area (Å²) in [5.41, 5.74) is 1.22. The van der Waals surface area contributed by atoms with Crippen LogP contribution in [0, 0.1) is 0 Å². The molecule has 0 aliphatic rings. The van der Waals surface area contributed by atoms with Crippen molar-refractivity contribution in [3.63, 3.8) is 0 Å². The smallest absolute Gasteiger partial charge is 0.248 e. The van der Waals surface area contributed by atoms with Crippen LogP contribution in [0.4, 0.5) is 5.69 Å². The molecule has 0 saturated carbocycles. The standard InChI is InChI=1S/C18H18ClNO4/c1-22-15-9-8-13(19)11-14(15)20-17(21)10-7-12-5-4-6-16(23-2)18(12)24-3/h4-11H,1-3H3,(H,20,21)/b10-7+. The number of anilines is 1. The van der Waals surface area contributed by atoms with E-state index in [2.05, 4.69) is 5.32 Å². The topological polar surface area (TPSA) is 56.8 Å². The minimum Gasteiger partial charge on any atom is -0.495 e. The molecule has 0 heterocycles. The quantitative estimate of drug-likeness (QED) is 0.802. The number of benzene rings is 2. The highest BCUT2D eigenvalue weighted by Crippen LogP contribution is 2.31. The molecule has 0 unspecified atom stereocenters. The van der Waals surface area contributed by atoms with Crippen molar-refractivity contribution < 1.29 is 19.0 Å². The Hall–Kier alpha value is -2.66. The number of amides is 1. The molecule has 2 aromatic carbocycles. The van der Waals surface area contributed by atoms with E-state index < -0.39 is 0 Å². The lowest BCUT2D eigenvalue weighted by Crippen LogP contribution is -2.09. The molecular weight excluding hydrogens is 330 g/mol. The fourth-order valence-corrected chi connectivity index (χ4v) is 2.33. The molecular formula is C18H18ClNO4. The van der Waals surface area contributed by atoms with Gasteiger partial charge in [0.05, 0.1) is 27.0 Å². The third-order valence-electron chi connectivity index (χ3n) is 3.27. The number of nitrogens with one attached hydrogen (secondary N) is 1. The van der Waals surface area contributed by atoms with Gasteiger partial charge >= 0.3 is 0 Å². The first kappa shape index (κ1) is 17.7. The highest BCUT2D eigenvalue weighted by Gasteiger charge is 2.09. The van der Waals surface area contributed by atoms with E-state index in [1.54, 1.807) is 44.6 Å². The molecule has 0 radical (unpaired) electrons. The van der Waals surface area contributed by atoms with Gasteiger partial charge in [-0.2, -0.15) is 0 Å². The third kappa shape index (κ3) is 4.20. The first-order chi connectivity index (χ1) is 11.6. The van der Waals surface area contributed by atoms with Crippen LogP contribution in [-0.4, -0.2) is 27.2 Å².